The molecule has 0 aliphatic carbocycles. The van der Waals surface area contributed by atoms with E-state index in [0.717, 1.165) is 48.8 Å². The Morgan fingerprint density at radius 2 is 2.08 bits per heavy atom. The highest BCUT2D eigenvalue weighted by atomic mass is 16.5. The van der Waals surface area contributed by atoms with E-state index in [9.17, 15) is 4.79 Å². The van der Waals surface area contributed by atoms with Gasteiger partial charge in [0.25, 0.3) is 0 Å². The molecule has 1 atom stereocenters. The second-order valence-corrected chi connectivity index (χ2v) is 6.74. The largest absolute Gasteiger partial charge is 0.497 e. The fraction of sp³-hybridized carbons (Fsp3) is 0.450. The van der Waals surface area contributed by atoms with Crippen LogP contribution in [0.2, 0.25) is 0 Å². The summed E-state index contributed by atoms with van der Waals surface area (Å²) in [5, 5.41) is 3.09. The van der Waals surface area contributed by atoms with Crippen molar-refractivity contribution in [1.29, 1.82) is 0 Å². The highest BCUT2D eigenvalue weighted by Gasteiger charge is 2.25. The molecule has 1 N–H and O–H groups in total. The van der Waals surface area contributed by atoms with Gasteiger partial charge in [-0.2, -0.15) is 0 Å². The number of hydrogen-bond donors (Lipinski definition) is 1. The lowest BCUT2D eigenvalue weighted by molar-refractivity contribution is 0.178. The number of ether oxygens (including phenoxy) is 1. The van der Waals surface area contributed by atoms with E-state index in [0.29, 0.717) is 5.92 Å². The van der Waals surface area contributed by atoms with Crippen LogP contribution in [0.4, 0.5) is 4.79 Å². The van der Waals surface area contributed by atoms with Crippen molar-refractivity contribution in [2.24, 2.45) is 0 Å². The highest BCUT2D eigenvalue weighted by Crippen LogP contribution is 2.27. The topological polar surface area (TPSA) is 67.3 Å². The quantitative estimate of drug-likeness (QED) is 0.913. The molecule has 0 spiro atoms. The van der Waals surface area contributed by atoms with Gasteiger partial charge in [-0.25, -0.2) is 14.8 Å². The van der Waals surface area contributed by atoms with Crippen LogP contribution in [0.1, 0.15) is 48.8 Å². The van der Waals surface area contributed by atoms with Crippen LogP contribution in [0.3, 0.4) is 0 Å². The summed E-state index contributed by atoms with van der Waals surface area (Å²) >= 11 is 0. The number of methoxy groups -OCH3 is 1. The van der Waals surface area contributed by atoms with Crippen LogP contribution >= 0.6 is 0 Å². The summed E-state index contributed by atoms with van der Waals surface area (Å²) in [4.78, 5) is 23.2. The normalized spacial score (nSPS) is 16.2. The zero-order valence-corrected chi connectivity index (χ0v) is 15.6. The maximum atomic E-state index is 12.6. The van der Waals surface area contributed by atoms with E-state index >= 15 is 0 Å². The Bertz CT molecular complexity index is 757. The molecule has 0 unspecified atom stereocenters. The maximum absolute atomic E-state index is 12.6. The molecule has 1 saturated heterocycles. The average molecular weight is 354 g/mol. The summed E-state index contributed by atoms with van der Waals surface area (Å²) in [6.45, 7) is 5.38. The molecule has 2 heterocycles. The number of benzene rings is 1. The Balaban J connectivity index is 1.55. The molecule has 138 valence electrons. The number of urea groups is 1. The summed E-state index contributed by atoms with van der Waals surface area (Å²) in [5.41, 5.74) is 2.12. The van der Waals surface area contributed by atoms with Gasteiger partial charge in [-0.05, 0) is 50.5 Å². The van der Waals surface area contributed by atoms with Crippen LogP contribution in [0.5, 0.6) is 5.75 Å². The zero-order valence-electron chi connectivity index (χ0n) is 15.6. The van der Waals surface area contributed by atoms with Gasteiger partial charge in [0.15, 0.2) is 0 Å². The molecular weight excluding hydrogens is 328 g/mol. The van der Waals surface area contributed by atoms with Crippen molar-refractivity contribution < 1.29 is 9.53 Å². The van der Waals surface area contributed by atoms with Gasteiger partial charge in [-0.15, -0.1) is 0 Å². The maximum Gasteiger partial charge on any atom is 0.317 e. The van der Waals surface area contributed by atoms with Gasteiger partial charge in [0.2, 0.25) is 0 Å². The summed E-state index contributed by atoms with van der Waals surface area (Å²) in [5.74, 6) is 2.00. The lowest BCUT2D eigenvalue weighted by atomic mass is 9.93. The van der Waals surface area contributed by atoms with Gasteiger partial charge in [-0.1, -0.05) is 12.1 Å². The molecule has 2 amide bonds. The van der Waals surface area contributed by atoms with E-state index in [1.807, 2.05) is 55.3 Å². The summed E-state index contributed by atoms with van der Waals surface area (Å²) in [6.07, 6.45) is 3.67. The molecule has 0 radical (unpaired) electrons. The Kier molecular flexibility index (Phi) is 5.71. The van der Waals surface area contributed by atoms with Gasteiger partial charge in [-0.3, -0.25) is 0 Å². The minimum Gasteiger partial charge on any atom is -0.497 e. The summed E-state index contributed by atoms with van der Waals surface area (Å²) in [6, 6.07) is 9.69. The van der Waals surface area contributed by atoms with Crippen molar-refractivity contribution in [2.45, 2.75) is 38.6 Å². The summed E-state index contributed by atoms with van der Waals surface area (Å²) < 4.78 is 5.26. The molecule has 1 fully saturated rings. The van der Waals surface area contributed by atoms with Gasteiger partial charge < -0.3 is 15.0 Å². The lowest BCUT2D eigenvalue weighted by Gasteiger charge is -2.32. The molecule has 0 bridgehead atoms. The van der Waals surface area contributed by atoms with Crippen LogP contribution in [0.15, 0.2) is 36.5 Å². The average Bonchev–Trinajstić information content (AvgIpc) is 2.68. The third kappa shape index (κ3) is 4.31. The first-order valence-corrected chi connectivity index (χ1v) is 9.05. The van der Waals surface area contributed by atoms with Crippen LogP contribution in [0.25, 0.3) is 0 Å². The first kappa shape index (κ1) is 18.2. The fourth-order valence-corrected chi connectivity index (χ4v) is 3.35. The van der Waals surface area contributed by atoms with E-state index < -0.39 is 0 Å². The molecule has 6 nitrogen and oxygen atoms in total. The molecular formula is C20H26N4O2. The number of hydrogen-bond acceptors (Lipinski definition) is 4. The van der Waals surface area contributed by atoms with Gasteiger partial charge >= 0.3 is 6.03 Å². The van der Waals surface area contributed by atoms with Crippen molar-refractivity contribution in [3.05, 3.63) is 53.6 Å². The Morgan fingerprint density at radius 3 is 2.77 bits per heavy atom. The van der Waals surface area contributed by atoms with E-state index in [2.05, 4.69) is 15.3 Å². The van der Waals surface area contributed by atoms with Crippen LogP contribution in [-0.2, 0) is 0 Å². The number of piperidine rings is 1. The van der Waals surface area contributed by atoms with Crippen LogP contribution in [0, 0.1) is 6.92 Å². The lowest BCUT2D eigenvalue weighted by Crippen LogP contribution is -2.44. The molecule has 26 heavy (non-hydrogen) atoms. The summed E-state index contributed by atoms with van der Waals surface area (Å²) in [7, 11) is 1.64. The SMILES string of the molecule is COc1cccc([C@@H](C)NC(=O)N2CCC(c3ccnc(C)n3)CC2)c1. The molecule has 2 aromatic rings. The van der Waals surface area contributed by atoms with Crippen LogP contribution in [-0.4, -0.2) is 41.1 Å². The number of aryl methyl sites for hydroxylation is 1. The minimum absolute atomic E-state index is 0.0161. The molecule has 1 aliphatic rings. The second-order valence-electron chi connectivity index (χ2n) is 6.74. The Hall–Kier alpha value is -2.63. The second kappa shape index (κ2) is 8.17. The standard InChI is InChI=1S/C20H26N4O2/c1-14(17-5-4-6-18(13-17)26-3)22-20(25)24-11-8-16(9-12-24)19-7-10-21-15(2)23-19/h4-7,10,13-14,16H,8-9,11-12H2,1-3H3,(H,22,25)/t14-/m1/s1. The highest BCUT2D eigenvalue weighted by molar-refractivity contribution is 5.74. The van der Waals surface area contributed by atoms with Crippen molar-refractivity contribution in [2.75, 3.05) is 20.2 Å². The fourth-order valence-electron chi connectivity index (χ4n) is 3.35. The molecule has 1 aliphatic heterocycles. The number of rotatable bonds is 4. The molecule has 0 saturated carbocycles. The Labute approximate surface area is 154 Å². The van der Waals surface area contributed by atoms with E-state index in [4.69, 9.17) is 4.74 Å². The van der Waals surface area contributed by atoms with Crippen molar-refractivity contribution in [3.8, 4) is 5.75 Å². The Morgan fingerprint density at radius 1 is 1.31 bits per heavy atom. The molecule has 1 aromatic heterocycles. The number of likely N-dealkylation sites (tertiary alicyclic amines) is 1. The number of nitrogens with one attached hydrogen (secondary N) is 1. The van der Waals surface area contributed by atoms with E-state index in [-0.39, 0.29) is 12.1 Å². The molecule has 3 rings (SSSR count). The monoisotopic (exact) mass is 354 g/mol. The molecule has 6 heteroatoms. The number of carbonyl (C=O) groups excluding carboxylic acids is 1. The molecule has 1 aromatic carbocycles. The van der Waals surface area contributed by atoms with E-state index in [1.165, 1.54) is 0 Å². The number of aromatic nitrogens is 2. The predicted octanol–water partition coefficient (Wildman–Crippen LogP) is 3.44. The van der Waals surface area contributed by atoms with Gasteiger partial charge in [0, 0.05) is 30.9 Å². The minimum atomic E-state index is -0.0696. The third-order valence-corrected chi connectivity index (χ3v) is 4.93. The number of amides is 2. The first-order chi connectivity index (χ1) is 12.6. The van der Waals surface area contributed by atoms with Gasteiger partial charge in [0.05, 0.1) is 13.2 Å². The third-order valence-electron chi connectivity index (χ3n) is 4.93. The predicted molar refractivity (Wildman–Crippen MR) is 100 cm³/mol. The van der Waals surface area contributed by atoms with Crippen LogP contribution < -0.4 is 10.1 Å². The number of nitrogens with zero attached hydrogens (tertiary/aromatic N) is 3. The van der Waals surface area contributed by atoms with Gasteiger partial charge in [0.1, 0.15) is 11.6 Å². The zero-order chi connectivity index (χ0) is 18.5. The smallest absolute Gasteiger partial charge is 0.317 e. The van der Waals surface area contributed by atoms with E-state index in [1.54, 1.807) is 7.11 Å². The van der Waals surface area contributed by atoms with Crippen molar-refractivity contribution >= 4 is 6.03 Å². The van der Waals surface area contributed by atoms with Crippen molar-refractivity contribution in [1.82, 2.24) is 20.2 Å². The number of carbonyl (C=O) groups is 1. The first-order valence-electron chi connectivity index (χ1n) is 9.05. The van der Waals surface area contributed by atoms with Crippen molar-refractivity contribution in [3.63, 3.8) is 0 Å².